The number of carbonyl (C=O) groups excluding carboxylic acids is 1. The number of nitrogens with zero attached hydrogens (tertiary/aromatic N) is 1. The third kappa shape index (κ3) is 2.63. The molecule has 2 fully saturated rings. The number of carbonyl (C=O) groups is 1. The Morgan fingerprint density at radius 1 is 1.32 bits per heavy atom. The molecule has 1 N–H and O–H groups in total. The molecule has 1 unspecified atom stereocenters. The molecule has 0 aliphatic carbocycles. The smallest absolute Gasteiger partial charge is 0.254 e. The quantitative estimate of drug-likeness (QED) is 0.856. The van der Waals surface area contributed by atoms with Crippen molar-refractivity contribution in [3.8, 4) is 0 Å². The first-order valence-electron chi connectivity index (χ1n) is 6.76. The van der Waals surface area contributed by atoms with Gasteiger partial charge in [-0.2, -0.15) is 0 Å². The van der Waals surface area contributed by atoms with E-state index in [0.717, 1.165) is 43.7 Å². The first kappa shape index (κ1) is 14.4. The van der Waals surface area contributed by atoms with Crippen LogP contribution in [0.25, 0.3) is 0 Å². The summed E-state index contributed by atoms with van der Waals surface area (Å²) in [5.74, 6) is 0.205. The number of hydrogen-bond donors (Lipinski definition) is 1. The minimum atomic E-state index is 0. The molecule has 3 nitrogen and oxygen atoms in total. The van der Waals surface area contributed by atoms with E-state index in [1.807, 2.05) is 36.1 Å². The summed E-state index contributed by atoms with van der Waals surface area (Å²) in [5.41, 5.74) is 2.30. The van der Waals surface area contributed by atoms with Gasteiger partial charge in [0.25, 0.3) is 5.91 Å². The zero-order valence-corrected chi connectivity index (χ0v) is 12.1. The highest BCUT2D eigenvalue weighted by Crippen LogP contribution is 2.36. The Hall–Kier alpha value is -1.06. The van der Waals surface area contributed by atoms with Crippen LogP contribution in [-0.4, -0.2) is 37.0 Å². The lowest BCUT2D eigenvalue weighted by atomic mass is 9.86. The van der Waals surface area contributed by atoms with Gasteiger partial charge in [-0.1, -0.05) is 18.2 Å². The lowest BCUT2D eigenvalue weighted by molar-refractivity contribution is 0.0775. The van der Waals surface area contributed by atoms with Crippen LogP contribution in [0.3, 0.4) is 0 Å². The van der Waals surface area contributed by atoms with Crippen molar-refractivity contribution in [3.63, 3.8) is 0 Å². The molecule has 1 aromatic carbocycles. The highest BCUT2D eigenvalue weighted by Gasteiger charge is 2.42. The number of aryl methyl sites for hydroxylation is 1. The Kier molecular flexibility index (Phi) is 4.16. The normalized spacial score (nSPS) is 25.6. The predicted molar refractivity (Wildman–Crippen MR) is 78.9 cm³/mol. The van der Waals surface area contributed by atoms with Crippen LogP contribution in [0.15, 0.2) is 24.3 Å². The number of rotatable bonds is 1. The summed E-state index contributed by atoms with van der Waals surface area (Å²) in [5, 5.41) is 3.43. The summed E-state index contributed by atoms with van der Waals surface area (Å²) >= 11 is 0. The number of halogens is 1. The molecular formula is C15H21ClN2O. The van der Waals surface area contributed by atoms with Crippen LogP contribution in [0, 0.1) is 12.3 Å². The zero-order chi connectivity index (χ0) is 12.6. The SMILES string of the molecule is Cc1ccccc1C(=O)N1CCC2(CCNC2)C1.Cl. The Morgan fingerprint density at radius 3 is 2.79 bits per heavy atom. The molecular weight excluding hydrogens is 260 g/mol. The first-order chi connectivity index (χ1) is 8.70. The van der Waals surface area contributed by atoms with Gasteiger partial charge in [0.15, 0.2) is 0 Å². The molecule has 0 aromatic heterocycles. The van der Waals surface area contributed by atoms with Crippen molar-refractivity contribution in [2.75, 3.05) is 26.2 Å². The molecule has 1 atom stereocenters. The van der Waals surface area contributed by atoms with E-state index in [1.165, 1.54) is 6.42 Å². The van der Waals surface area contributed by atoms with Crippen LogP contribution >= 0.6 is 12.4 Å². The molecule has 4 heteroatoms. The second-order valence-corrected chi connectivity index (χ2v) is 5.72. The molecule has 1 amide bonds. The molecule has 1 aromatic rings. The lowest BCUT2D eigenvalue weighted by Crippen LogP contribution is -2.33. The summed E-state index contributed by atoms with van der Waals surface area (Å²) in [6, 6.07) is 7.88. The fraction of sp³-hybridized carbons (Fsp3) is 0.533. The molecule has 0 radical (unpaired) electrons. The van der Waals surface area contributed by atoms with Crippen molar-refractivity contribution in [3.05, 3.63) is 35.4 Å². The second-order valence-electron chi connectivity index (χ2n) is 5.72. The third-order valence-electron chi connectivity index (χ3n) is 4.43. The van der Waals surface area contributed by atoms with E-state index < -0.39 is 0 Å². The van der Waals surface area contributed by atoms with E-state index >= 15 is 0 Å². The maximum absolute atomic E-state index is 12.5. The largest absolute Gasteiger partial charge is 0.338 e. The summed E-state index contributed by atoms with van der Waals surface area (Å²) in [6.45, 7) is 6.02. The molecule has 1 spiro atoms. The molecule has 2 aliphatic rings. The van der Waals surface area contributed by atoms with Crippen LogP contribution < -0.4 is 5.32 Å². The van der Waals surface area contributed by atoms with Crippen LogP contribution in [0.5, 0.6) is 0 Å². The van der Waals surface area contributed by atoms with Gasteiger partial charge in [-0.15, -0.1) is 12.4 Å². The molecule has 2 saturated heterocycles. The van der Waals surface area contributed by atoms with Crippen molar-refractivity contribution in [1.29, 1.82) is 0 Å². The Labute approximate surface area is 120 Å². The molecule has 104 valence electrons. The van der Waals surface area contributed by atoms with E-state index in [0.29, 0.717) is 5.41 Å². The topological polar surface area (TPSA) is 32.3 Å². The Morgan fingerprint density at radius 2 is 2.11 bits per heavy atom. The van der Waals surface area contributed by atoms with Crippen LogP contribution in [0.4, 0.5) is 0 Å². The summed E-state index contributed by atoms with van der Waals surface area (Å²) in [6.07, 6.45) is 2.36. The predicted octanol–water partition coefficient (Wildman–Crippen LogP) is 2.24. The van der Waals surface area contributed by atoms with Crippen molar-refractivity contribution in [1.82, 2.24) is 10.2 Å². The number of benzene rings is 1. The van der Waals surface area contributed by atoms with Crippen molar-refractivity contribution < 1.29 is 4.79 Å². The summed E-state index contributed by atoms with van der Waals surface area (Å²) < 4.78 is 0. The molecule has 0 saturated carbocycles. The number of amides is 1. The van der Waals surface area contributed by atoms with E-state index in [2.05, 4.69) is 5.32 Å². The van der Waals surface area contributed by atoms with Crippen LogP contribution in [0.2, 0.25) is 0 Å². The third-order valence-corrected chi connectivity index (χ3v) is 4.43. The van der Waals surface area contributed by atoms with Gasteiger partial charge in [0, 0.05) is 30.6 Å². The van der Waals surface area contributed by atoms with Gasteiger partial charge >= 0.3 is 0 Å². The number of nitrogens with one attached hydrogen (secondary N) is 1. The van der Waals surface area contributed by atoms with Gasteiger partial charge in [-0.05, 0) is 37.9 Å². The standard InChI is InChI=1S/C15H20N2O.ClH/c1-12-4-2-3-5-13(12)14(18)17-9-7-15(11-17)6-8-16-10-15;/h2-5,16H,6-11H2,1H3;1H. The van der Waals surface area contributed by atoms with Crippen LogP contribution in [-0.2, 0) is 0 Å². The van der Waals surface area contributed by atoms with Gasteiger partial charge in [0.2, 0.25) is 0 Å². The van der Waals surface area contributed by atoms with E-state index in [4.69, 9.17) is 0 Å². The highest BCUT2D eigenvalue weighted by molar-refractivity contribution is 5.95. The van der Waals surface area contributed by atoms with Crippen molar-refractivity contribution in [2.45, 2.75) is 19.8 Å². The van der Waals surface area contributed by atoms with Gasteiger partial charge in [-0.25, -0.2) is 0 Å². The van der Waals surface area contributed by atoms with Gasteiger partial charge in [-0.3, -0.25) is 4.79 Å². The average Bonchev–Trinajstić information content (AvgIpc) is 3.00. The van der Waals surface area contributed by atoms with E-state index in [-0.39, 0.29) is 18.3 Å². The van der Waals surface area contributed by atoms with Gasteiger partial charge in [0.05, 0.1) is 0 Å². The lowest BCUT2D eigenvalue weighted by Gasteiger charge is -2.23. The Balaban J connectivity index is 0.00000133. The van der Waals surface area contributed by atoms with E-state index in [9.17, 15) is 4.79 Å². The minimum absolute atomic E-state index is 0. The van der Waals surface area contributed by atoms with Gasteiger partial charge < -0.3 is 10.2 Å². The zero-order valence-electron chi connectivity index (χ0n) is 11.3. The summed E-state index contributed by atoms with van der Waals surface area (Å²) in [4.78, 5) is 14.6. The number of likely N-dealkylation sites (tertiary alicyclic amines) is 1. The molecule has 3 rings (SSSR count). The average molecular weight is 281 g/mol. The summed E-state index contributed by atoms with van der Waals surface area (Å²) in [7, 11) is 0. The van der Waals surface area contributed by atoms with Crippen LogP contribution in [0.1, 0.15) is 28.8 Å². The monoisotopic (exact) mass is 280 g/mol. The fourth-order valence-electron chi connectivity index (χ4n) is 3.24. The fourth-order valence-corrected chi connectivity index (χ4v) is 3.24. The molecule has 19 heavy (non-hydrogen) atoms. The maximum Gasteiger partial charge on any atom is 0.254 e. The van der Waals surface area contributed by atoms with Crippen molar-refractivity contribution >= 4 is 18.3 Å². The second kappa shape index (κ2) is 5.51. The molecule has 2 aliphatic heterocycles. The Bertz CT molecular complexity index is 469. The molecule has 0 bridgehead atoms. The highest BCUT2D eigenvalue weighted by atomic mass is 35.5. The van der Waals surface area contributed by atoms with Gasteiger partial charge in [0.1, 0.15) is 0 Å². The first-order valence-corrected chi connectivity index (χ1v) is 6.76. The molecule has 2 heterocycles. The van der Waals surface area contributed by atoms with E-state index in [1.54, 1.807) is 0 Å². The number of hydrogen-bond acceptors (Lipinski definition) is 2. The minimum Gasteiger partial charge on any atom is -0.338 e. The maximum atomic E-state index is 12.5. The van der Waals surface area contributed by atoms with Crippen molar-refractivity contribution in [2.24, 2.45) is 5.41 Å².